The molecule has 0 fully saturated rings. The average molecular weight is 363 g/mol. The van der Waals surface area contributed by atoms with Crippen LogP contribution in [0.25, 0.3) is 11.3 Å². The van der Waals surface area contributed by atoms with Crippen LogP contribution in [0, 0.1) is 6.92 Å². The molecule has 25 heavy (non-hydrogen) atoms. The van der Waals surface area contributed by atoms with E-state index in [0.717, 1.165) is 28.5 Å². The van der Waals surface area contributed by atoms with Crippen molar-refractivity contribution in [2.45, 2.75) is 26.6 Å². The van der Waals surface area contributed by atoms with Gasteiger partial charge in [0.05, 0.1) is 12.1 Å². The monoisotopic (exact) mass is 363 g/mol. The van der Waals surface area contributed by atoms with Gasteiger partial charge in [-0.15, -0.1) is 0 Å². The number of aryl methyl sites for hydroxylation is 1. The van der Waals surface area contributed by atoms with E-state index in [1.165, 1.54) is 23.0 Å². The first-order valence-electron chi connectivity index (χ1n) is 7.91. The summed E-state index contributed by atoms with van der Waals surface area (Å²) in [6, 6.07) is 13.5. The van der Waals surface area contributed by atoms with Crippen molar-refractivity contribution in [3.05, 3.63) is 65.0 Å². The van der Waals surface area contributed by atoms with E-state index in [2.05, 4.69) is 22.0 Å². The minimum absolute atomic E-state index is 0.425. The van der Waals surface area contributed by atoms with Crippen molar-refractivity contribution in [2.75, 3.05) is 5.32 Å². The summed E-state index contributed by atoms with van der Waals surface area (Å²) in [6.45, 7) is 4.77. The lowest BCUT2D eigenvalue weighted by molar-refractivity contribution is -0.664. The third kappa shape index (κ3) is 3.85. The van der Waals surface area contributed by atoms with Gasteiger partial charge >= 0.3 is 11.3 Å². The first-order chi connectivity index (χ1) is 11.9. The van der Waals surface area contributed by atoms with Gasteiger partial charge in [-0.3, -0.25) is 0 Å². The average Bonchev–Trinajstić information content (AvgIpc) is 2.97. The Balaban J connectivity index is 1.93. The van der Waals surface area contributed by atoms with E-state index >= 15 is 0 Å². The number of alkyl halides is 3. The van der Waals surface area contributed by atoms with E-state index in [1.54, 1.807) is 6.07 Å². The molecule has 130 valence electrons. The molecule has 1 aromatic heterocycles. The molecule has 0 aliphatic carbocycles. The van der Waals surface area contributed by atoms with Crippen molar-refractivity contribution in [2.24, 2.45) is 0 Å². The molecule has 0 amide bonds. The second-order valence-electron chi connectivity index (χ2n) is 5.74. The summed E-state index contributed by atoms with van der Waals surface area (Å²) in [5, 5.41) is 5.94. The maximum atomic E-state index is 12.9. The summed E-state index contributed by atoms with van der Waals surface area (Å²) in [6.07, 6.45) is -4.35. The Morgan fingerprint density at radius 3 is 2.44 bits per heavy atom. The van der Waals surface area contributed by atoms with Gasteiger partial charge in [0.2, 0.25) is 0 Å². The molecule has 1 N–H and O–H groups in total. The van der Waals surface area contributed by atoms with Gasteiger partial charge in [-0.1, -0.05) is 47.2 Å². The largest absolute Gasteiger partial charge is 0.416 e. The normalized spacial score (nSPS) is 11.6. The number of aromatic nitrogens is 1. The van der Waals surface area contributed by atoms with Crippen molar-refractivity contribution in [3.63, 3.8) is 0 Å². The highest BCUT2D eigenvalue weighted by Gasteiger charge is 2.31. The number of hydrogen-bond donors (Lipinski definition) is 1. The molecular weight excluding hydrogens is 345 g/mol. The first kappa shape index (κ1) is 17.5. The molecule has 1 heterocycles. The topological polar surface area (TPSA) is 15.9 Å². The number of thiazole rings is 1. The summed E-state index contributed by atoms with van der Waals surface area (Å²) >= 11 is 1.48. The van der Waals surface area contributed by atoms with Crippen LogP contribution in [-0.4, -0.2) is 0 Å². The van der Waals surface area contributed by atoms with E-state index in [9.17, 15) is 13.2 Å². The summed E-state index contributed by atoms with van der Waals surface area (Å²) in [7, 11) is 0. The molecule has 2 nitrogen and oxygen atoms in total. The number of nitrogens with one attached hydrogen (secondary N) is 1. The van der Waals surface area contributed by atoms with Crippen molar-refractivity contribution >= 4 is 22.2 Å². The van der Waals surface area contributed by atoms with Gasteiger partial charge < -0.3 is 0 Å². The van der Waals surface area contributed by atoms with Crippen LogP contribution in [0.3, 0.4) is 0 Å². The zero-order valence-corrected chi connectivity index (χ0v) is 14.7. The summed E-state index contributed by atoms with van der Waals surface area (Å²) in [5.41, 5.74) is 3.08. The SMILES string of the molecule is CC[n+]1c(-c2ccc(C)cc2)csc1Nc1cccc(C(F)(F)F)c1. The second kappa shape index (κ2) is 6.88. The van der Waals surface area contributed by atoms with Crippen molar-refractivity contribution in [1.82, 2.24) is 0 Å². The van der Waals surface area contributed by atoms with E-state index in [0.29, 0.717) is 12.2 Å². The number of anilines is 2. The Morgan fingerprint density at radius 1 is 1.08 bits per heavy atom. The van der Waals surface area contributed by atoms with Gasteiger partial charge in [0.15, 0.2) is 0 Å². The number of benzene rings is 2. The maximum absolute atomic E-state index is 12.9. The highest BCUT2D eigenvalue weighted by atomic mass is 32.1. The van der Waals surface area contributed by atoms with E-state index in [-0.39, 0.29) is 0 Å². The molecule has 3 aromatic rings. The molecule has 0 aliphatic rings. The summed E-state index contributed by atoms with van der Waals surface area (Å²) in [5.74, 6) is 0. The van der Waals surface area contributed by atoms with Crippen LogP contribution in [0.15, 0.2) is 53.9 Å². The van der Waals surface area contributed by atoms with Crippen LogP contribution >= 0.6 is 11.3 Å². The molecule has 0 spiro atoms. The molecule has 2 aromatic carbocycles. The van der Waals surface area contributed by atoms with Gasteiger partial charge in [0, 0.05) is 10.9 Å². The Labute approximate surface area is 148 Å². The summed E-state index contributed by atoms with van der Waals surface area (Å²) in [4.78, 5) is 0. The highest BCUT2D eigenvalue weighted by Crippen LogP contribution is 2.32. The molecule has 0 unspecified atom stereocenters. The zero-order valence-electron chi connectivity index (χ0n) is 13.9. The van der Waals surface area contributed by atoms with Gasteiger partial charge in [0.25, 0.3) is 0 Å². The number of nitrogens with zero attached hydrogens (tertiary/aromatic N) is 1. The second-order valence-corrected chi connectivity index (χ2v) is 6.60. The Morgan fingerprint density at radius 2 is 1.80 bits per heavy atom. The van der Waals surface area contributed by atoms with E-state index in [4.69, 9.17) is 0 Å². The van der Waals surface area contributed by atoms with Gasteiger partial charge in [0.1, 0.15) is 11.4 Å². The maximum Gasteiger partial charge on any atom is 0.416 e. The lowest BCUT2D eigenvalue weighted by Crippen LogP contribution is -2.35. The minimum atomic E-state index is -4.35. The first-order valence-corrected chi connectivity index (χ1v) is 8.79. The number of rotatable bonds is 4. The smallest absolute Gasteiger partial charge is 0.231 e. The van der Waals surface area contributed by atoms with E-state index < -0.39 is 11.7 Å². The predicted octanol–water partition coefficient (Wildman–Crippen LogP) is 5.79. The fraction of sp³-hybridized carbons (Fsp3) is 0.211. The molecule has 0 aliphatic heterocycles. The molecule has 0 bridgehead atoms. The Bertz CT molecular complexity index is 867. The third-order valence-electron chi connectivity index (χ3n) is 3.92. The molecular formula is C19H18F3N2S+. The fourth-order valence-corrected chi connectivity index (χ4v) is 3.62. The molecule has 3 rings (SSSR count). The molecule has 0 saturated carbocycles. The fourth-order valence-electron chi connectivity index (χ4n) is 2.60. The zero-order chi connectivity index (χ0) is 18.0. The molecule has 0 saturated heterocycles. The molecule has 0 radical (unpaired) electrons. The molecule has 0 atom stereocenters. The minimum Gasteiger partial charge on any atom is -0.231 e. The van der Waals surface area contributed by atoms with Crippen molar-refractivity contribution < 1.29 is 17.7 Å². The Hall–Kier alpha value is -2.34. The molecule has 6 heteroatoms. The third-order valence-corrected chi connectivity index (χ3v) is 4.81. The number of halogens is 3. The standard InChI is InChI=1S/C19H17F3N2S/c1-3-24-17(14-9-7-13(2)8-10-14)12-25-18(24)23-16-6-4-5-15(11-16)19(20,21)22/h4-12H,3H2,1-2H3/p+1. The van der Waals surface area contributed by atoms with Crippen LogP contribution in [0.5, 0.6) is 0 Å². The lowest BCUT2D eigenvalue weighted by Gasteiger charge is -2.08. The summed E-state index contributed by atoms with van der Waals surface area (Å²) < 4.78 is 40.7. The van der Waals surface area contributed by atoms with Crippen LogP contribution in [0.1, 0.15) is 18.1 Å². The van der Waals surface area contributed by atoms with Gasteiger partial charge in [-0.2, -0.15) is 13.2 Å². The Kier molecular flexibility index (Phi) is 4.81. The van der Waals surface area contributed by atoms with Crippen LogP contribution in [0.4, 0.5) is 24.0 Å². The quantitative estimate of drug-likeness (QED) is 0.580. The van der Waals surface area contributed by atoms with Crippen molar-refractivity contribution in [3.8, 4) is 11.3 Å². The predicted molar refractivity (Wildman–Crippen MR) is 95.1 cm³/mol. The van der Waals surface area contributed by atoms with Gasteiger partial charge in [-0.25, -0.2) is 9.88 Å². The van der Waals surface area contributed by atoms with Crippen molar-refractivity contribution in [1.29, 1.82) is 0 Å². The van der Waals surface area contributed by atoms with Gasteiger partial charge in [-0.05, 0) is 32.0 Å². The van der Waals surface area contributed by atoms with Crippen LogP contribution < -0.4 is 9.88 Å². The van der Waals surface area contributed by atoms with E-state index in [1.807, 2.05) is 31.4 Å². The lowest BCUT2D eigenvalue weighted by atomic mass is 10.1. The number of hydrogen-bond acceptors (Lipinski definition) is 2. The van der Waals surface area contributed by atoms with Crippen LogP contribution in [0.2, 0.25) is 0 Å². The highest BCUT2D eigenvalue weighted by molar-refractivity contribution is 7.13. The van der Waals surface area contributed by atoms with Crippen LogP contribution in [-0.2, 0) is 12.7 Å².